The Hall–Kier alpha value is -2.66. The van der Waals surface area contributed by atoms with E-state index in [-0.39, 0.29) is 17.7 Å². The molecule has 132 valence electrons. The number of hydrogen-bond donors (Lipinski definition) is 1. The monoisotopic (exact) mass is 340 g/mol. The number of Topliss-reactive ketones (excluding diaryl/α,β-unsaturated/α-hetero) is 1. The third-order valence-electron chi connectivity index (χ3n) is 4.12. The van der Waals surface area contributed by atoms with E-state index in [9.17, 15) is 9.59 Å². The van der Waals surface area contributed by atoms with E-state index >= 15 is 0 Å². The van der Waals surface area contributed by atoms with Gasteiger partial charge in [-0.1, -0.05) is 12.1 Å². The van der Waals surface area contributed by atoms with Crippen molar-refractivity contribution < 1.29 is 14.3 Å². The standard InChI is InChI=1S/C20H24N2O3/c1-14(22(3)13-16-5-11-19(25-4)12-6-16)20(24)17-7-9-18(10-8-17)21-15(2)23/h5-12,14H,13H2,1-4H3,(H,21,23)/t14-/m0/s1. The van der Waals surface area contributed by atoms with Crippen molar-refractivity contribution in [2.24, 2.45) is 0 Å². The zero-order chi connectivity index (χ0) is 18.4. The lowest BCUT2D eigenvalue weighted by molar-refractivity contribution is -0.114. The van der Waals surface area contributed by atoms with Gasteiger partial charge in [0.05, 0.1) is 13.2 Å². The third-order valence-corrected chi connectivity index (χ3v) is 4.12. The number of ether oxygens (including phenoxy) is 1. The van der Waals surface area contributed by atoms with Gasteiger partial charge in [-0.15, -0.1) is 0 Å². The Balaban J connectivity index is 2.01. The first kappa shape index (κ1) is 18.7. The second-order valence-corrected chi connectivity index (χ2v) is 6.06. The molecule has 0 aliphatic carbocycles. The van der Waals surface area contributed by atoms with Gasteiger partial charge in [0.25, 0.3) is 0 Å². The van der Waals surface area contributed by atoms with Crippen LogP contribution in [0.2, 0.25) is 0 Å². The van der Waals surface area contributed by atoms with Gasteiger partial charge >= 0.3 is 0 Å². The number of methoxy groups -OCH3 is 1. The number of nitrogens with zero attached hydrogens (tertiary/aromatic N) is 1. The number of nitrogens with one attached hydrogen (secondary N) is 1. The van der Waals surface area contributed by atoms with Crippen LogP contribution in [0.25, 0.3) is 0 Å². The molecular weight excluding hydrogens is 316 g/mol. The van der Waals surface area contributed by atoms with E-state index in [1.165, 1.54) is 6.92 Å². The molecule has 0 saturated carbocycles. The van der Waals surface area contributed by atoms with Gasteiger partial charge in [-0.05, 0) is 55.9 Å². The normalized spacial score (nSPS) is 11.9. The molecule has 0 fully saturated rings. The minimum absolute atomic E-state index is 0.0467. The van der Waals surface area contributed by atoms with Crippen molar-refractivity contribution in [3.8, 4) is 5.75 Å². The largest absolute Gasteiger partial charge is 0.497 e. The molecule has 5 nitrogen and oxygen atoms in total. The van der Waals surface area contributed by atoms with Crippen LogP contribution in [0.1, 0.15) is 29.8 Å². The smallest absolute Gasteiger partial charge is 0.221 e. The maximum atomic E-state index is 12.7. The second-order valence-electron chi connectivity index (χ2n) is 6.06. The maximum Gasteiger partial charge on any atom is 0.221 e. The van der Waals surface area contributed by atoms with Crippen molar-refractivity contribution in [1.82, 2.24) is 4.90 Å². The minimum Gasteiger partial charge on any atom is -0.497 e. The molecule has 0 heterocycles. The van der Waals surface area contributed by atoms with Crippen LogP contribution in [0.5, 0.6) is 5.75 Å². The lowest BCUT2D eigenvalue weighted by Gasteiger charge is -2.24. The first-order chi connectivity index (χ1) is 11.9. The molecule has 0 radical (unpaired) electrons. The molecule has 0 unspecified atom stereocenters. The molecule has 0 aromatic heterocycles. The summed E-state index contributed by atoms with van der Waals surface area (Å²) in [6.07, 6.45) is 0. The van der Waals surface area contributed by atoms with Crippen molar-refractivity contribution in [2.75, 3.05) is 19.5 Å². The average molecular weight is 340 g/mol. The summed E-state index contributed by atoms with van der Waals surface area (Å²) in [6, 6.07) is 14.5. The van der Waals surface area contributed by atoms with E-state index in [0.717, 1.165) is 11.3 Å². The summed E-state index contributed by atoms with van der Waals surface area (Å²) in [6.45, 7) is 4.02. The Morgan fingerprint density at radius 1 is 1.08 bits per heavy atom. The van der Waals surface area contributed by atoms with Crippen LogP contribution in [0.3, 0.4) is 0 Å². The SMILES string of the molecule is COc1ccc(CN(C)[C@@H](C)C(=O)c2ccc(NC(C)=O)cc2)cc1. The molecule has 2 aromatic rings. The number of carbonyl (C=O) groups is 2. The molecule has 1 atom stereocenters. The highest BCUT2D eigenvalue weighted by Gasteiger charge is 2.19. The molecule has 0 saturated heterocycles. The van der Waals surface area contributed by atoms with Crippen molar-refractivity contribution >= 4 is 17.4 Å². The highest BCUT2D eigenvalue weighted by Crippen LogP contribution is 2.16. The minimum atomic E-state index is -0.256. The Labute approximate surface area is 148 Å². The van der Waals surface area contributed by atoms with Crippen LogP contribution >= 0.6 is 0 Å². The van der Waals surface area contributed by atoms with Gasteiger partial charge in [0, 0.05) is 24.7 Å². The summed E-state index contributed by atoms with van der Waals surface area (Å²) in [5.41, 5.74) is 2.43. The van der Waals surface area contributed by atoms with Crippen LogP contribution in [-0.4, -0.2) is 36.8 Å². The summed E-state index contributed by atoms with van der Waals surface area (Å²) in [5, 5.41) is 2.69. The van der Waals surface area contributed by atoms with Gasteiger partial charge in [-0.25, -0.2) is 0 Å². The van der Waals surface area contributed by atoms with Gasteiger partial charge in [0.15, 0.2) is 5.78 Å². The number of benzene rings is 2. The molecule has 25 heavy (non-hydrogen) atoms. The van der Waals surface area contributed by atoms with Crippen LogP contribution in [-0.2, 0) is 11.3 Å². The zero-order valence-electron chi connectivity index (χ0n) is 15.1. The fourth-order valence-electron chi connectivity index (χ4n) is 2.52. The quantitative estimate of drug-likeness (QED) is 0.785. The van der Waals surface area contributed by atoms with Crippen molar-refractivity contribution in [3.05, 3.63) is 59.7 Å². The van der Waals surface area contributed by atoms with Crippen molar-refractivity contribution in [1.29, 1.82) is 0 Å². The predicted octanol–water partition coefficient (Wildman–Crippen LogP) is 3.36. The number of hydrogen-bond acceptors (Lipinski definition) is 4. The number of amides is 1. The average Bonchev–Trinajstić information content (AvgIpc) is 2.61. The lowest BCUT2D eigenvalue weighted by atomic mass is 10.0. The van der Waals surface area contributed by atoms with Crippen LogP contribution in [0.4, 0.5) is 5.69 Å². The zero-order valence-corrected chi connectivity index (χ0v) is 15.1. The molecule has 0 bridgehead atoms. The number of anilines is 1. The van der Waals surface area contributed by atoms with E-state index in [1.807, 2.05) is 43.1 Å². The number of carbonyl (C=O) groups excluding carboxylic acids is 2. The van der Waals surface area contributed by atoms with Gasteiger partial charge in [0.1, 0.15) is 5.75 Å². The van der Waals surface area contributed by atoms with Crippen molar-refractivity contribution in [3.63, 3.8) is 0 Å². The van der Waals surface area contributed by atoms with E-state index < -0.39 is 0 Å². The van der Waals surface area contributed by atoms with E-state index in [0.29, 0.717) is 17.8 Å². The predicted molar refractivity (Wildman–Crippen MR) is 99.0 cm³/mol. The second kappa shape index (κ2) is 8.44. The first-order valence-corrected chi connectivity index (χ1v) is 8.15. The molecule has 1 amide bonds. The lowest BCUT2D eigenvalue weighted by Crippen LogP contribution is -2.35. The van der Waals surface area contributed by atoms with Gasteiger partial charge in [-0.2, -0.15) is 0 Å². The maximum absolute atomic E-state index is 12.7. The topological polar surface area (TPSA) is 58.6 Å². The summed E-state index contributed by atoms with van der Waals surface area (Å²) in [5.74, 6) is 0.729. The third kappa shape index (κ3) is 5.16. The summed E-state index contributed by atoms with van der Waals surface area (Å²) in [7, 11) is 3.57. The highest BCUT2D eigenvalue weighted by atomic mass is 16.5. The fraction of sp³-hybridized carbons (Fsp3) is 0.300. The molecule has 1 N–H and O–H groups in total. The molecule has 5 heteroatoms. The van der Waals surface area contributed by atoms with Gasteiger partial charge in [0.2, 0.25) is 5.91 Å². The van der Waals surface area contributed by atoms with E-state index in [1.54, 1.807) is 31.4 Å². The Kier molecular flexibility index (Phi) is 6.31. The highest BCUT2D eigenvalue weighted by molar-refractivity contribution is 6.00. The molecule has 0 spiro atoms. The number of likely N-dealkylation sites (N-methyl/N-ethyl adjacent to an activating group) is 1. The summed E-state index contributed by atoms with van der Waals surface area (Å²) < 4.78 is 5.16. The Morgan fingerprint density at radius 3 is 2.20 bits per heavy atom. The van der Waals surface area contributed by atoms with E-state index in [4.69, 9.17) is 4.74 Å². The molecular formula is C20H24N2O3. The number of ketones is 1. The Morgan fingerprint density at radius 2 is 1.68 bits per heavy atom. The van der Waals surface area contributed by atoms with Crippen LogP contribution < -0.4 is 10.1 Å². The first-order valence-electron chi connectivity index (χ1n) is 8.15. The van der Waals surface area contributed by atoms with E-state index in [2.05, 4.69) is 5.32 Å². The molecule has 0 aliphatic heterocycles. The van der Waals surface area contributed by atoms with Gasteiger partial charge < -0.3 is 10.1 Å². The fourth-order valence-corrected chi connectivity index (χ4v) is 2.52. The molecule has 2 aromatic carbocycles. The molecule has 2 rings (SSSR count). The van der Waals surface area contributed by atoms with Crippen LogP contribution in [0, 0.1) is 0 Å². The summed E-state index contributed by atoms with van der Waals surface area (Å²) in [4.78, 5) is 25.7. The molecule has 0 aliphatic rings. The Bertz CT molecular complexity index is 724. The van der Waals surface area contributed by atoms with Crippen LogP contribution in [0.15, 0.2) is 48.5 Å². The van der Waals surface area contributed by atoms with Crippen molar-refractivity contribution in [2.45, 2.75) is 26.4 Å². The number of rotatable bonds is 7. The summed E-state index contributed by atoms with van der Waals surface area (Å²) >= 11 is 0. The van der Waals surface area contributed by atoms with Gasteiger partial charge in [-0.3, -0.25) is 14.5 Å².